The number of carbonyl (C=O) groups excluding carboxylic acids is 1. The van der Waals surface area contributed by atoms with Crippen molar-refractivity contribution in [1.29, 1.82) is 0 Å². The number of nitrogens with one attached hydrogen (secondary N) is 1. The lowest BCUT2D eigenvalue weighted by atomic mass is 9.92. The van der Waals surface area contributed by atoms with Crippen molar-refractivity contribution in [3.05, 3.63) is 35.5 Å². The fourth-order valence-corrected chi connectivity index (χ4v) is 3.03. The van der Waals surface area contributed by atoms with E-state index < -0.39 is 0 Å². The normalized spacial score (nSPS) is 14.2. The van der Waals surface area contributed by atoms with Crippen molar-refractivity contribution >= 4 is 11.8 Å². The van der Waals surface area contributed by atoms with Crippen LogP contribution in [0, 0.1) is 0 Å². The van der Waals surface area contributed by atoms with Crippen LogP contribution in [0.1, 0.15) is 44.9 Å². The summed E-state index contributed by atoms with van der Waals surface area (Å²) in [6.07, 6.45) is 2.19. The van der Waals surface area contributed by atoms with Gasteiger partial charge in [-0.3, -0.25) is 15.0 Å². The molecule has 7 nitrogen and oxygen atoms in total. The first-order valence-corrected chi connectivity index (χ1v) is 9.52. The van der Waals surface area contributed by atoms with Crippen LogP contribution < -0.4 is 14.8 Å². The van der Waals surface area contributed by atoms with Crippen molar-refractivity contribution in [2.24, 2.45) is 0 Å². The molecule has 3 rings (SSSR count). The quantitative estimate of drug-likeness (QED) is 0.746. The highest BCUT2D eigenvalue weighted by Crippen LogP contribution is 2.32. The summed E-state index contributed by atoms with van der Waals surface area (Å²) in [5.74, 6) is 1.82. The average Bonchev–Trinajstić information content (AvgIpc) is 3.39. The van der Waals surface area contributed by atoms with Gasteiger partial charge in [-0.05, 0) is 31.0 Å². The fourth-order valence-electron chi connectivity index (χ4n) is 3.03. The highest BCUT2D eigenvalue weighted by Gasteiger charge is 2.31. The van der Waals surface area contributed by atoms with E-state index in [9.17, 15) is 4.79 Å². The lowest BCUT2D eigenvalue weighted by Crippen LogP contribution is -2.34. The van der Waals surface area contributed by atoms with E-state index in [0.717, 1.165) is 35.6 Å². The minimum atomic E-state index is -0.130. The third kappa shape index (κ3) is 5.04. The Kier molecular flexibility index (Phi) is 5.93. The van der Waals surface area contributed by atoms with Gasteiger partial charge in [-0.1, -0.05) is 25.9 Å². The SMILES string of the molecule is COc1ccc(OC)c(CN(CC(=O)Nc2cc(C(C)(C)C)no2)C2CC2)c1. The summed E-state index contributed by atoms with van der Waals surface area (Å²) in [6.45, 7) is 7.03. The van der Waals surface area contributed by atoms with Crippen LogP contribution in [0.4, 0.5) is 5.88 Å². The largest absolute Gasteiger partial charge is 0.497 e. The molecule has 1 heterocycles. The summed E-state index contributed by atoms with van der Waals surface area (Å²) in [5, 5.41) is 6.86. The van der Waals surface area contributed by atoms with Gasteiger partial charge < -0.3 is 14.0 Å². The number of benzene rings is 1. The molecule has 1 N–H and O–H groups in total. The molecule has 1 fully saturated rings. The topological polar surface area (TPSA) is 76.8 Å². The summed E-state index contributed by atoms with van der Waals surface area (Å²) in [6, 6.07) is 7.90. The second-order valence-corrected chi connectivity index (χ2v) is 8.19. The molecule has 0 saturated heterocycles. The van der Waals surface area contributed by atoms with E-state index in [2.05, 4.69) is 15.4 Å². The van der Waals surface area contributed by atoms with Crippen molar-refractivity contribution in [2.75, 3.05) is 26.1 Å². The Morgan fingerprint density at radius 3 is 2.57 bits per heavy atom. The molecule has 1 amide bonds. The fraction of sp³-hybridized carbons (Fsp3) is 0.524. The van der Waals surface area contributed by atoms with Crippen molar-refractivity contribution in [1.82, 2.24) is 10.1 Å². The highest BCUT2D eigenvalue weighted by molar-refractivity contribution is 5.91. The molecule has 0 spiro atoms. The van der Waals surface area contributed by atoms with E-state index in [-0.39, 0.29) is 17.9 Å². The molecule has 1 aliphatic carbocycles. The summed E-state index contributed by atoms with van der Waals surface area (Å²) in [7, 11) is 3.29. The highest BCUT2D eigenvalue weighted by atomic mass is 16.5. The number of hydrogen-bond donors (Lipinski definition) is 1. The molecule has 2 aromatic rings. The van der Waals surface area contributed by atoms with Crippen LogP contribution in [0.25, 0.3) is 0 Å². The molecule has 1 aromatic heterocycles. The number of nitrogens with zero attached hydrogens (tertiary/aromatic N) is 2. The van der Waals surface area contributed by atoms with Gasteiger partial charge in [0.15, 0.2) is 0 Å². The molecule has 0 bridgehead atoms. The van der Waals surface area contributed by atoms with E-state index in [0.29, 0.717) is 18.5 Å². The number of carbonyl (C=O) groups is 1. The first kappa shape index (κ1) is 20.2. The molecule has 1 aromatic carbocycles. The van der Waals surface area contributed by atoms with Gasteiger partial charge in [-0.2, -0.15) is 0 Å². The van der Waals surface area contributed by atoms with E-state index in [4.69, 9.17) is 14.0 Å². The van der Waals surface area contributed by atoms with Crippen LogP contribution >= 0.6 is 0 Å². The second-order valence-electron chi connectivity index (χ2n) is 8.19. The molecular formula is C21H29N3O4. The molecule has 152 valence electrons. The number of rotatable bonds is 8. The van der Waals surface area contributed by atoms with E-state index in [1.165, 1.54) is 0 Å². The Hall–Kier alpha value is -2.54. The van der Waals surface area contributed by atoms with Gasteiger partial charge in [0.1, 0.15) is 11.5 Å². The first-order chi connectivity index (χ1) is 13.3. The molecule has 0 unspecified atom stereocenters. The predicted molar refractivity (Wildman–Crippen MR) is 107 cm³/mol. The molecule has 28 heavy (non-hydrogen) atoms. The van der Waals surface area contributed by atoms with Crippen molar-refractivity contribution in [3.63, 3.8) is 0 Å². The van der Waals surface area contributed by atoms with Gasteiger partial charge in [-0.25, -0.2) is 0 Å². The summed E-state index contributed by atoms with van der Waals surface area (Å²) in [5.41, 5.74) is 1.68. The van der Waals surface area contributed by atoms with Crippen LogP contribution in [0.15, 0.2) is 28.8 Å². The zero-order chi connectivity index (χ0) is 20.3. The number of aromatic nitrogens is 1. The van der Waals surface area contributed by atoms with Gasteiger partial charge in [-0.15, -0.1) is 0 Å². The third-order valence-corrected chi connectivity index (χ3v) is 4.81. The molecule has 1 aliphatic rings. The Bertz CT molecular complexity index is 821. The molecule has 1 saturated carbocycles. The van der Waals surface area contributed by atoms with Crippen molar-refractivity contribution in [3.8, 4) is 11.5 Å². The molecular weight excluding hydrogens is 358 g/mol. The summed E-state index contributed by atoms with van der Waals surface area (Å²) in [4.78, 5) is 14.7. The minimum Gasteiger partial charge on any atom is -0.497 e. The zero-order valence-electron chi connectivity index (χ0n) is 17.2. The van der Waals surface area contributed by atoms with Crippen LogP contribution in [0.3, 0.4) is 0 Å². The summed E-state index contributed by atoms with van der Waals surface area (Å²) >= 11 is 0. The molecule has 0 aliphatic heterocycles. The van der Waals surface area contributed by atoms with Gasteiger partial charge in [0.05, 0.1) is 26.5 Å². The minimum absolute atomic E-state index is 0.120. The van der Waals surface area contributed by atoms with E-state index in [1.807, 2.05) is 39.0 Å². The van der Waals surface area contributed by atoms with Crippen LogP contribution in [-0.2, 0) is 16.8 Å². The second kappa shape index (κ2) is 8.22. The van der Waals surface area contributed by atoms with Crippen LogP contribution in [0.2, 0.25) is 0 Å². The number of anilines is 1. The smallest absolute Gasteiger partial charge is 0.240 e. The zero-order valence-corrected chi connectivity index (χ0v) is 17.2. The van der Waals surface area contributed by atoms with E-state index >= 15 is 0 Å². The van der Waals surface area contributed by atoms with Crippen molar-refractivity contribution in [2.45, 2.75) is 51.6 Å². The Morgan fingerprint density at radius 1 is 1.25 bits per heavy atom. The average molecular weight is 387 g/mol. The Balaban J connectivity index is 1.67. The van der Waals surface area contributed by atoms with Gasteiger partial charge >= 0.3 is 0 Å². The van der Waals surface area contributed by atoms with Crippen LogP contribution in [0.5, 0.6) is 11.5 Å². The maximum atomic E-state index is 12.6. The number of ether oxygens (including phenoxy) is 2. The predicted octanol–water partition coefficient (Wildman–Crippen LogP) is 3.59. The monoisotopic (exact) mass is 387 g/mol. The lowest BCUT2D eigenvalue weighted by molar-refractivity contribution is -0.117. The molecule has 7 heteroatoms. The number of amides is 1. The lowest BCUT2D eigenvalue weighted by Gasteiger charge is -2.22. The van der Waals surface area contributed by atoms with Gasteiger partial charge in [0.25, 0.3) is 0 Å². The number of methoxy groups -OCH3 is 2. The van der Waals surface area contributed by atoms with Crippen LogP contribution in [-0.4, -0.2) is 42.8 Å². The molecule has 0 atom stereocenters. The standard InChI is InChI=1S/C21H29N3O4/c1-21(2,3)18-11-20(28-23-18)22-19(25)13-24(15-6-7-15)12-14-10-16(26-4)8-9-17(14)27-5/h8-11,15H,6-7,12-13H2,1-5H3,(H,22,25). The third-order valence-electron chi connectivity index (χ3n) is 4.81. The Morgan fingerprint density at radius 2 is 2.00 bits per heavy atom. The first-order valence-electron chi connectivity index (χ1n) is 9.52. The van der Waals surface area contributed by atoms with Gasteiger partial charge in [0.2, 0.25) is 11.8 Å². The Labute approximate surface area is 166 Å². The van der Waals surface area contributed by atoms with Gasteiger partial charge in [0, 0.05) is 29.6 Å². The number of hydrogen-bond acceptors (Lipinski definition) is 6. The van der Waals surface area contributed by atoms with E-state index in [1.54, 1.807) is 20.3 Å². The molecule has 0 radical (unpaired) electrons. The van der Waals surface area contributed by atoms with Crippen molar-refractivity contribution < 1.29 is 18.8 Å². The maximum absolute atomic E-state index is 12.6. The summed E-state index contributed by atoms with van der Waals surface area (Å²) < 4.78 is 16.1. The maximum Gasteiger partial charge on any atom is 0.240 e.